The Morgan fingerprint density at radius 1 is 1.35 bits per heavy atom. The second kappa shape index (κ2) is 9.03. The quantitative estimate of drug-likeness (QED) is 0.774. The number of aliphatic hydroxyl groups is 1. The number of hydrogen-bond donors (Lipinski definition) is 2. The van der Waals surface area contributed by atoms with Gasteiger partial charge < -0.3 is 10.4 Å². The van der Waals surface area contributed by atoms with Crippen molar-refractivity contribution in [3.63, 3.8) is 0 Å². The van der Waals surface area contributed by atoms with Crippen molar-refractivity contribution < 1.29 is 9.90 Å². The minimum absolute atomic E-state index is 0.0686. The Hall–Kier alpha value is -1.000. The van der Waals surface area contributed by atoms with Crippen LogP contribution in [0.3, 0.4) is 0 Å². The maximum absolute atomic E-state index is 11.9. The Morgan fingerprint density at radius 2 is 2.05 bits per heavy atom. The van der Waals surface area contributed by atoms with Crippen LogP contribution in [0.1, 0.15) is 25.0 Å². The van der Waals surface area contributed by atoms with E-state index in [2.05, 4.69) is 24.4 Å². The van der Waals surface area contributed by atoms with Crippen LogP contribution in [-0.4, -0.2) is 35.2 Å². The van der Waals surface area contributed by atoms with Gasteiger partial charge in [0.2, 0.25) is 5.91 Å². The van der Waals surface area contributed by atoms with Gasteiger partial charge in [0, 0.05) is 13.2 Å². The Kier molecular flexibility index (Phi) is 7.70. The summed E-state index contributed by atoms with van der Waals surface area (Å²) in [5.74, 6) is 1.12. The zero-order valence-corrected chi connectivity index (χ0v) is 13.4. The van der Waals surface area contributed by atoms with Gasteiger partial charge in [-0.25, -0.2) is 0 Å². The van der Waals surface area contributed by atoms with Gasteiger partial charge in [-0.05, 0) is 43.1 Å². The summed E-state index contributed by atoms with van der Waals surface area (Å²) in [5, 5.41) is 11.9. The molecule has 0 aromatic heterocycles. The molecule has 0 aliphatic carbocycles. The second-order valence-electron chi connectivity index (χ2n) is 5.23. The van der Waals surface area contributed by atoms with Crippen molar-refractivity contribution in [1.82, 2.24) is 5.32 Å². The molecule has 1 aromatic rings. The van der Waals surface area contributed by atoms with E-state index in [1.165, 1.54) is 11.1 Å². The molecule has 20 heavy (non-hydrogen) atoms. The third-order valence-corrected chi connectivity index (χ3v) is 4.74. The van der Waals surface area contributed by atoms with Crippen molar-refractivity contribution in [3.8, 4) is 0 Å². The standard InChI is InChI=1S/C16H25NO2S/c1-12(10-18)11-20-14(3)16(19)17-9-8-15-7-5-4-6-13(15)2/h4-7,12,14,18H,8-11H2,1-3H3,(H,17,19). The molecule has 0 heterocycles. The van der Waals surface area contributed by atoms with Crippen LogP contribution in [0, 0.1) is 12.8 Å². The summed E-state index contributed by atoms with van der Waals surface area (Å²) in [4.78, 5) is 11.9. The molecular weight excluding hydrogens is 270 g/mol. The SMILES string of the molecule is Cc1ccccc1CCNC(=O)C(C)SCC(C)CO. The number of aliphatic hydroxyl groups excluding tert-OH is 1. The molecule has 0 radical (unpaired) electrons. The lowest BCUT2D eigenvalue weighted by Crippen LogP contribution is -2.33. The van der Waals surface area contributed by atoms with E-state index in [9.17, 15) is 4.79 Å². The van der Waals surface area contributed by atoms with Crippen molar-refractivity contribution in [3.05, 3.63) is 35.4 Å². The minimum Gasteiger partial charge on any atom is -0.396 e. The number of aryl methyl sites for hydroxylation is 1. The Morgan fingerprint density at radius 3 is 2.70 bits per heavy atom. The van der Waals surface area contributed by atoms with Crippen molar-refractivity contribution >= 4 is 17.7 Å². The van der Waals surface area contributed by atoms with Gasteiger partial charge in [0.25, 0.3) is 0 Å². The molecule has 0 spiro atoms. The molecule has 0 bridgehead atoms. The molecule has 0 fully saturated rings. The molecule has 1 amide bonds. The van der Waals surface area contributed by atoms with Crippen molar-refractivity contribution in [2.45, 2.75) is 32.4 Å². The summed E-state index contributed by atoms with van der Waals surface area (Å²) in [6.07, 6.45) is 0.864. The maximum Gasteiger partial charge on any atom is 0.232 e. The lowest BCUT2D eigenvalue weighted by atomic mass is 10.1. The van der Waals surface area contributed by atoms with E-state index < -0.39 is 0 Å². The lowest BCUT2D eigenvalue weighted by molar-refractivity contribution is -0.120. The third-order valence-electron chi connectivity index (χ3n) is 3.27. The number of benzene rings is 1. The van der Waals surface area contributed by atoms with E-state index in [-0.39, 0.29) is 23.7 Å². The first-order valence-corrected chi connectivity index (χ1v) is 8.14. The summed E-state index contributed by atoms with van der Waals surface area (Å²) >= 11 is 1.59. The number of thioether (sulfide) groups is 1. The maximum atomic E-state index is 11.9. The van der Waals surface area contributed by atoms with Crippen LogP contribution in [0.5, 0.6) is 0 Å². The summed E-state index contributed by atoms with van der Waals surface area (Å²) in [6, 6.07) is 8.24. The van der Waals surface area contributed by atoms with Crippen LogP contribution in [0.2, 0.25) is 0 Å². The van der Waals surface area contributed by atoms with E-state index in [0.717, 1.165) is 12.2 Å². The molecule has 2 unspecified atom stereocenters. The van der Waals surface area contributed by atoms with Gasteiger partial charge in [-0.3, -0.25) is 4.79 Å². The first kappa shape index (κ1) is 17.1. The number of carbonyl (C=O) groups is 1. The van der Waals surface area contributed by atoms with Crippen molar-refractivity contribution in [2.75, 3.05) is 18.9 Å². The Balaban J connectivity index is 2.27. The summed E-state index contributed by atoms with van der Waals surface area (Å²) in [6.45, 7) is 6.83. The lowest BCUT2D eigenvalue weighted by Gasteiger charge is -2.14. The minimum atomic E-state index is -0.0686. The number of amides is 1. The largest absolute Gasteiger partial charge is 0.396 e. The van der Waals surface area contributed by atoms with Gasteiger partial charge in [0.15, 0.2) is 0 Å². The second-order valence-corrected chi connectivity index (χ2v) is 6.60. The zero-order valence-electron chi connectivity index (χ0n) is 12.6. The van der Waals surface area contributed by atoms with E-state index in [1.54, 1.807) is 11.8 Å². The first-order chi connectivity index (χ1) is 9.54. The fraction of sp³-hybridized carbons (Fsp3) is 0.562. The molecule has 1 rings (SSSR count). The fourth-order valence-corrected chi connectivity index (χ4v) is 2.75. The first-order valence-electron chi connectivity index (χ1n) is 7.09. The highest BCUT2D eigenvalue weighted by Crippen LogP contribution is 2.14. The Bertz CT molecular complexity index is 423. The highest BCUT2D eigenvalue weighted by atomic mass is 32.2. The number of nitrogens with one attached hydrogen (secondary N) is 1. The Labute approximate surface area is 126 Å². The smallest absolute Gasteiger partial charge is 0.232 e. The van der Waals surface area contributed by atoms with Crippen LogP contribution in [0.15, 0.2) is 24.3 Å². The summed E-state index contributed by atoms with van der Waals surface area (Å²) < 4.78 is 0. The summed E-state index contributed by atoms with van der Waals surface area (Å²) in [5.41, 5.74) is 2.54. The molecule has 2 N–H and O–H groups in total. The highest BCUT2D eigenvalue weighted by molar-refractivity contribution is 8.00. The monoisotopic (exact) mass is 295 g/mol. The number of hydrogen-bond acceptors (Lipinski definition) is 3. The van der Waals surface area contributed by atoms with E-state index in [0.29, 0.717) is 6.54 Å². The van der Waals surface area contributed by atoms with Crippen molar-refractivity contribution in [1.29, 1.82) is 0 Å². The molecule has 0 saturated heterocycles. The topological polar surface area (TPSA) is 49.3 Å². The number of rotatable bonds is 8. The molecular formula is C16H25NO2S. The molecule has 0 aliphatic heterocycles. The molecule has 0 saturated carbocycles. The van der Waals surface area contributed by atoms with Crippen LogP contribution in [0.25, 0.3) is 0 Å². The predicted octanol–water partition coefficient (Wildman–Crippen LogP) is 2.40. The van der Waals surface area contributed by atoms with E-state index >= 15 is 0 Å². The van der Waals surface area contributed by atoms with Crippen LogP contribution in [-0.2, 0) is 11.2 Å². The van der Waals surface area contributed by atoms with E-state index in [1.807, 2.05) is 26.0 Å². The molecule has 2 atom stereocenters. The molecule has 0 aliphatic rings. The molecule has 4 heteroatoms. The fourth-order valence-electron chi connectivity index (χ4n) is 1.79. The average Bonchev–Trinajstić information content (AvgIpc) is 2.46. The van der Waals surface area contributed by atoms with E-state index in [4.69, 9.17) is 5.11 Å². The average molecular weight is 295 g/mol. The zero-order chi connectivity index (χ0) is 15.0. The van der Waals surface area contributed by atoms with Gasteiger partial charge in [0.1, 0.15) is 0 Å². The highest BCUT2D eigenvalue weighted by Gasteiger charge is 2.14. The van der Waals surface area contributed by atoms with Crippen LogP contribution >= 0.6 is 11.8 Å². The third kappa shape index (κ3) is 5.97. The number of carbonyl (C=O) groups excluding carboxylic acids is 1. The van der Waals surface area contributed by atoms with Gasteiger partial charge >= 0.3 is 0 Å². The van der Waals surface area contributed by atoms with Crippen molar-refractivity contribution in [2.24, 2.45) is 5.92 Å². The van der Waals surface area contributed by atoms with Gasteiger partial charge in [-0.2, -0.15) is 0 Å². The van der Waals surface area contributed by atoms with Crippen LogP contribution < -0.4 is 5.32 Å². The van der Waals surface area contributed by atoms with Gasteiger partial charge in [-0.1, -0.05) is 31.2 Å². The molecule has 3 nitrogen and oxygen atoms in total. The molecule has 1 aromatic carbocycles. The van der Waals surface area contributed by atoms with Gasteiger partial charge in [-0.15, -0.1) is 11.8 Å². The van der Waals surface area contributed by atoms with Gasteiger partial charge in [0.05, 0.1) is 5.25 Å². The molecule has 112 valence electrons. The van der Waals surface area contributed by atoms with Crippen LogP contribution in [0.4, 0.5) is 0 Å². The summed E-state index contributed by atoms with van der Waals surface area (Å²) in [7, 11) is 0. The predicted molar refractivity (Wildman–Crippen MR) is 86.1 cm³/mol. The normalized spacial score (nSPS) is 13.8.